The van der Waals surface area contributed by atoms with Crippen molar-refractivity contribution in [1.29, 1.82) is 5.26 Å². The lowest BCUT2D eigenvalue weighted by molar-refractivity contribution is 0.534. The van der Waals surface area contributed by atoms with Crippen LogP contribution in [0.1, 0.15) is 9.75 Å². The molecule has 0 unspecified atom stereocenters. The average Bonchev–Trinajstić information content (AvgIpc) is 2.84. The molecular weight excluding hydrogens is 208 g/mol. The van der Waals surface area contributed by atoms with Gasteiger partial charge in [-0.1, -0.05) is 0 Å². The van der Waals surface area contributed by atoms with Crippen LogP contribution in [0, 0.1) is 11.3 Å². The Morgan fingerprint density at radius 1 is 1.67 bits per heavy atom. The van der Waals surface area contributed by atoms with Crippen LogP contribution in [0.25, 0.3) is 0 Å². The summed E-state index contributed by atoms with van der Waals surface area (Å²) in [4.78, 5) is 8.35. The van der Waals surface area contributed by atoms with Gasteiger partial charge in [-0.05, 0) is 12.1 Å². The number of nitrogens with one attached hydrogen (secondary N) is 1. The van der Waals surface area contributed by atoms with Gasteiger partial charge in [0.25, 0.3) is 0 Å². The van der Waals surface area contributed by atoms with Crippen molar-refractivity contribution in [2.75, 3.05) is 20.1 Å². The monoisotopic (exact) mass is 220 g/mol. The van der Waals surface area contributed by atoms with Crippen LogP contribution in [0.2, 0.25) is 0 Å². The van der Waals surface area contributed by atoms with Gasteiger partial charge in [-0.25, -0.2) is 0 Å². The van der Waals surface area contributed by atoms with E-state index in [-0.39, 0.29) is 0 Å². The molecule has 15 heavy (non-hydrogen) atoms. The SMILES string of the molecule is CN1CCN=C1NCc1ccc(C#N)s1. The second-order valence-corrected chi connectivity index (χ2v) is 4.53. The van der Waals surface area contributed by atoms with E-state index in [1.165, 1.54) is 11.3 Å². The molecule has 1 aliphatic heterocycles. The summed E-state index contributed by atoms with van der Waals surface area (Å²) in [5, 5.41) is 11.9. The molecule has 0 spiro atoms. The molecule has 0 bridgehead atoms. The van der Waals surface area contributed by atoms with E-state index >= 15 is 0 Å². The minimum atomic E-state index is 0.746. The maximum absolute atomic E-state index is 8.68. The van der Waals surface area contributed by atoms with Gasteiger partial charge in [0.15, 0.2) is 5.96 Å². The highest BCUT2D eigenvalue weighted by Crippen LogP contribution is 2.14. The summed E-state index contributed by atoms with van der Waals surface area (Å²) in [6, 6.07) is 5.96. The topological polar surface area (TPSA) is 51.4 Å². The number of hydrogen-bond acceptors (Lipinski definition) is 5. The van der Waals surface area contributed by atoms with E-state index in [0.29, 0.717) is 0 Å². The number of nitriles is 1. The van der Waals surface area contributed by atoms with Crippen LogP contribution in [-0.4, -0.2) is 31.0 Å². The van der Waals surface area contributed by atoms with E-state index in [4.69, 9.17) is 5.26 Å². The molecule has 0 amide bonds. The Balaban J connectivity index is 1.91. The summed E-state index contributed by atoms with van der Waals surface area (Å²) in [5.74, 6) is 0.946. The molecule has 1 aliphatic rings. The Morgan fingerprint density at radius 3 is 3.13 bits per heavy atom. The van der Waals surface area contributed by atoms with Crippen molar-refractivity contribution in [3.05, 3.63) is 21.9 Å². The number of hydrogen-bond donors (Lipinski definition) is 1. The molecule has 1 aromatic heterocycles. The minimum absolute atomic E-state index is 0.746. The van der Waals surface area contributed by atoms with Crippen LogP contribution in [0.3, 0.4) is 0 Å². The zero-order chi connectivity index (χ0) is 10.7. The second-order valence-electron chi connectivity index (χ2n) is 3.36. The summed E-state index contributed by atoms with van der Waals surface area (Å²) < 4.78 is 0. The highest BCUT2D eigenvalue weighted by atomic mass is 32.1. The first-order chi connectivity index (χ1) is 7.29. The molecule has 0 aromatic carbocycles. The number of likely N-dealkylation sites (N-methyl/N-ethyl adjacent to an activating group) is 1. The normalized spacial score (nSPS) is 14.9. The van der Waals surface area contributed by atoms with Gasteiger partial charge in [-0.2, -0.15) is 5.26 Å². The molecule has 0 saturated carbocycles. The maximum Gasteiger partial charge on any atom is 0.194 e. The maximum atomic E-state index is 8.68. The van der Waals surface area contributed by atoms with E-state index in [9.17, 15) is 0 Å². The van der Waals surface area contributed by atoms with E-state index in [1.807, 2.05) is 19.2 Å². The van der Waals surface area contributed by atoms with E-state index in [2.05, 4.69) is 21.3 Å². The van der Waals surface area contributed by atoms with Crippen molar-refractivity contribution in [3.8, 4) is 6.07 Å². The highest BCUT2D eigenvalue weighted by Gasteiger charge is 2.11. The third kappa shape index (κ3) is 2.28. The third-order valence-electron chi connectivity index (χ3n) is 2.25. The van der Waals surface area contributed by atoms with Gasteiger partial charge in [0.05, 0.1) is 13.1 Å². The third-order valence-corrected chi connectivity index (χ3v) is 3.24. The van der Waals surface area contributed by atoms with E-state index < -0.39 is 0 Å². The van der Waals surface area contributed by atoms with Crippen molar-refractivity contribution in [2.45, 2.75) is 6.54 Å². The highest BCUT2D eigenvalue weighted by molar-refractivity contribution is 7.12. The first-order valence-corrected chi connectivity index (χ1v) is 5.59. The quantitative estimate of drug-likeness (QED) is 0.809. The number of thiophene rings is 1. The van der Waals surface area contributed by atoms with Gasteiger partial charge in [0, 0.05) is 18.5 Å². The van der Waals surface area contributed by atoms with Gasteiger partial charge in [0.1, 0.15) is 10.9 Å². The van der Waals surface area contributed by atoms with E-state index in [0.717, 1.165) is 35.3 Å². The fourth-order valence-corrected chi connectivity index (χ4v) is 2.17. The van der Waals surface area contributed by atoms with Gasteiger partial charge in [0.2, 0.25) is 0 Å². The molecule has 4 nitrogen and oxygen atoms in total. The van der Waals surface area contributed by atoms with Crippen molar-refractivity contribution in [2.24, 2.45) is 4.99 Å². The molecule has 2 rings (SSSR count). The van der Waals surface area contributed by atoms with Gasteiger partial charge < -0.3 is 10.2 Å². The molecule has 0 aliphatic carbocycles. The number of aliphatic imine (C=N–C) groups is 1. The average molecular weight is 220 g/mol. The molecule has 2 heterocycles. The lowest BCUT2D eigenvalue weighted by Crippen LogP contribution is -2.34. The molecule has 0 fully saturated rings. The fourth-order valence-electron chi connectivity index (χ4n) is 1.42. The molecule has 1 aromatic rings. The van der Waals surface area contributed by atoms with Gasteiger partial charge in [-0.15, -0.1) is 11.3 Å². The molecule has 0 radical (unpaired) electrons. The van der Waals surface area contributed by atoms with Crippen molar-refractivity contribution in [1.82, 2.24) is 10.2 Å². The summed E-state index contributed by atoms with van der Waals surface area (Å²) in [6.45, 7) is 2.60. The van der Waals surface area contributed by atoms with Gasteiger partial charge in [-0.3, -0.25) is 4.99 Å². The van der Waals surface area contributed by atoms with Crippen molar-refractivity contribution >= 4 is 17.3 Å². The summed E-state index contributed by atoms with van der Waals surface area (Å²) in [7, 11) is 2.02. The van der Waals surface area contributed by atoms with Crippen molar-refractivity contribution < 1.29 is 0 Å². The predicted molar refractivity (Wildman–Crippen MR) is 60.8 cm³/mol. The first-order valence-electron chi connectivity index (χ1n) is 4.78. The Morgan fingerprint density at radius 2 is 2.53 bits per heavy atom. The first kappa shape index (κ1) is 9.99. The van der Waals surface area contributed by atoms with Crippen LogP contribution in [0.5, 0.6) is 0 Å². The predicted octanol–water partition coefficient (Wildman–Crippen LogP) is 1.01. The summed E-state index contributed by atoms with van der Waals surface area (Å²) in [6.07, 6.45) is 0. The van der Waals surface area contributed by atoms with Crippen LogP contribution >= 0.6 is 11.3 Å². The van der Waals surface area contributed by atoms with Crippen LogP contribution < -0.4 is 5.32 Å². The lowest BCUT2D eigenvalue weighted by Gasteiger charge is -2.14. The van der Waals surface area contributed by atoms with Crippen LogP contribution in [0.15, 0.2) is 17.1 Å². The zero-order valence-electron chi connectivity index (χ0n) is 8.53. The Kier molecular flexibility index (Phi) is 2.88. The smallest absolute Gasteiger partial charge is 0.194 e. The molecule has 5 heteroatoms. The molecule has 78 valence electrons. The van der Waals surface area contributed by atoms with Gasteiger partial charge >= 0.3 is 0 Å². The minimum Gasteiger partial charge on any atom is -0.351 e. The Bertz CT molecular complexity index is 415. The molecule has 1 N–H and O–H groups in total. The van der Waals surface area contributed by atoms with Crippen LogP contribution in [0.4, 0.5) is 0 Å². The summed E-state index contributed by atoms with van der Waals surface area (Å²) in [5.41, 5.74) is 0. The fraction of sp³-hybridized carbons (Fsp3) is 0.400. The Hall–Kier alpha value is -1.54. The van der Waals surface area contributed by atoms with E-state index in [1.54, 1.807) is 0 Å². The second kappa shape index (κ2) is 4.32. The standard InChI is InChI=1S/C10H12N4S/c1-14-5-4-12-10(14)13-7-9-3-2-8(6-11)15-9/h2-3H,4-5,7H2,1H3,(H,12,13). The molecular formula is C10H12N4S. The molecule has 0 saturated heterocycles. The van der Waals surface area contributed by atoms with Crippen molar-refractivity contribution in [3.63, 3.8) is 0 Å². The zero-order valence-corrected chi connectivity index (χ0v) is 9.34. The number of nitrogens with zero attached hydrogens (tertiary/aromatic N) is 3. The lowest BCUT2D eigenvalue weighted by atomic mass is 10.4. The number of guanidine groups is 1. The Labute approximate surface area is 92.9 Å². The molecule has 0 atom stereocenters. The summed E-state index contributed by atoms with van der Waals surface area (Å²) >= 11 is 1.52. The largest absolute Gasteiger partial charge is 0.351 e. The van der Waals surface area contributed by atoms with Crippen LogP contribution in [-0.2, 0) is 6.54 Å². The number of rotatable bonds is 2.